The van der Waals surface area contributed by atoms with E-state index in [0.717, 1.165) is 6.42 Å². The number of aromatic carboxylic acids is 1. The summed E-state index contributed by atoms with van der Waals surface area (Å²) < 4.78 is 5.48. The number of carboxylic acids is 1. The summed E-state index contributed by atoms with van der Waals surface area (Å²) in [4.78, 5) is 11.0. The summed E-state index contributed by atoms with van der Waals surface area (Å²) >= 11 is 0. The largest absolute Gasteiger partial charge is 0.490 e. The van der Waals surface area contributed by atoms with Gasteiger partial charge in [-0.15, -0.1) is 10.2 Å². The molecule has 17 heavy (non-hydrogen) atoms. The van der Waals surface area contributed by atoms with Crippen LogP contribution in [0.1, 0.15) is 23.8 Å². The normalized spacial score (nSPS) is 10.4. The van der Waals surface area contributed by atoms with Crippen LogP contribution in [0.25, 0.3) is 10.9 Å². The van der Waals surface area contributed by atoms with Crippen LogP contribution in [0.4, 0.5) is 0 Å². The number of hydrogen-bond acceptors (Lipinski definition) is 4. The Bertz CT molecular complexity index is 554. The molecule has 0 amide bonds. The van der Waals surface area contributed by atoms with E-state index in [-0.39, 0.29) is 5.69 Å². The molecule has 2 aromatic rings. The molecule has 0 bridgehead atoms. The van der Waals surface area contributed by atoms with E-state index in [1.807, 2.05) is 19.1 Å². The molecule has 0 saturated carbocycles. The summed E-state index contributed by atoms with van der Waals surface area (Å²) in [6.45, 7) is 2.41. The van der Waals surface area contributed by atoms with Crippen molar-refractivity contribution < 1.29 is 14.6 Å². The van der Waals surface area contributed by atoms with Crippen LogP contribution in [-0.4, -0.2) is 27.9 Å². The molecule has 88 valence electrons. The molecule has 0 fully saturated rings. The first-order valence-electron chi connectivity index (χ1n) is 5.35. The summed E-state index contributed by atoms with van der Waals surface area (Å²) in [7, 11) is 0. The van der Waals surface area contributed by atoms with Gasteiger partial charge < -0.3 is 9.84 Å². The van der Waals surface area contributed by atoms with Crippen molar-refractivity contribution in [2.45, 2.75) is 13.3 Å². The zero-order chi connectivity index (χ0) is 12.3. The Labute approximate surface area is 98.0 Å². The van der Waals surface area contributed by atoms with Crippen molar-refractivity contribution in [3.05, 3.63) is 30.0 Å². The lowest BCUT2D eigenvalue weighted by Crippen LogP contribution is -2.08. The van der Waals surface area contributed by atoms with Crippen LogP contribution >= 0.6 is 0 Å². The zero-order valence-corrected chi connectivity index (χ0v) is 9.38. The summed E-state index contributed by atoms with van der Waals surface area (Å²) in [5.41, 5.74) is 0.487. The molecule has 1 aromatic heterocycles. The second-order valence-electron chi connectivity index (χ2n) is 3.55. The molecular formula is C12H12N2O3. The molecule has 0 atom stereocenters. The maximum atomic E-state index is 11.0. The van der Waals surface area contributed by atoms with E-state index in [4.69, 9.17) is 9.84 Å². The summed E-state index contributed by atoms with van der Waals surface area (Å²) in [6.07, 6.45) is 0.801. The molecule has 0 unspecified atom stereocenters. The molecule has 0 spiro atoms. The molecule has 2 rings (SSSR count). The lowest BCUT2D eigenvalue weighted by atomic mass is 10.2. The maximum absolute atomic E-state index is 11.0. The van der Waals surface area contributed by atoms with E-state index in [2.05, 4.69) is 10.2 Å². The minimum absolute atomic E-state index is 0.142. The highest BCUT2D eigenvalue weighted by Gasteiger charge is 2.17. The van der Waals surface area contributed by atoms with Crippen LogP contribution in [0.15, 0.2) is 24.3 Å². The molecule has 0 aliphatic rings. The monoisotopic (exact) mass is 232 g/mol. The third kappa shape index (κ3) is 2.18. The van der Waals surface area contributed by atoms with Crippen molar-refractivity contribution in [2.24, 2.45) is 0 Å². The van der Waals surface area contributed by atoms with E-state index in [1.54, 1.807) is 12.1 Å². The van der Waals surface area contributed by atoms with E-state index in [1.165, 1.54) is 0 Å². The van der Waals surface area contributed by atoms with Gasteiger partial charge in [-0.05, 0) is 18.6 Å². The number of benzene rings is 1. The smallest absolute Gasteiger partial charge is 0.360 e. The standard InChI is InChI=1S/C12H12N2O3/c1-2-7-17-11-8-5-3-4-6-9(8)13-14-10(11)12(15)16/h3-6H,2,7H2,1H3,(H,15,16). The highest BCUT2D eigenvalue weighted by molar-refractivity contribution is 5.96. The van der Waals surface area contributed by atoms with Gasteiger partial charge in [0, 0.05) is 5.39 Å². The number of ether oxygens (including phenoxy) is 1. The number of aromatic nitrogens is 2. The molecule has 1 heterocycles. The first kappa shape index (κ1) is 11.3. The lowest BCUT2D eigenvalue weighted by molar-refractivity contribution is 0.0684. The van der Waals surface area contributed by atoms with Crippen molar-refractivity contribution in [3.63, 3.8) is 0 Å². The van der Waals surface area contributed by atoms with Gasteiger partial charge in [-0.1, -0.05) is 19.1 Å². The van der Waals surface area contributed by atoms with Crippen molar-refractivity contribution in [1.82, 2.24) is 10.2 Å². The quantitative estimate of drug-likeness (QED) is 0.874. The van der Waals surface area contributed by atoms with Gasteiger partial charge in [-0.2, -0.15) is 0 Å². The molecule has 1 aromatic carbocycles. The zero-order valence-electron chi connectivity index (χ0n) is 9.38. The Morgan fingerprint density at radius 2 is 2.12 bits per heavy atom. The molecule has 0 radical (unpaired) electrons. The average molecular weight is 232 g/mol. The third-order valence-corrected chi connectivity index (χ3v) is 2.27. The van der Waals surface area contributed by atoms with Gasteiger partial charge in [-0.3, -0.25) is 0 Å². The van der Waals surface area contributed by atoms with Gasteiger partial charge in [0.15, 0.2) is 5.75 Å². The topological polar surface area (TPSA) is 72.3 Å². The predicted octanol–water partition coefficient (Wildman–Crippen LogP) is 2.12. The number of rotatable bonds is 4. The molecule has 5 nitrogen and oxygen atoms in total. The second kappa shape index (κ2) is 4.78. The van der Waals surface area contributed by atoms with Crippen molar-refractivity contribution >= 4 is 16.9 Å². The fraction of sp³-hybridized carbons (Fsp3) is 0.250. The molecule has 0 saturated heterocycles. The first-order chi connectivity index (χ1) is 8.24. The van der Waals surface area contributed by atoms with Crippen LogP contribution in [0.5, 0.6) is 5.75 Å². The van der Waals surface area contributed by atoms with Crippen LogP contribution in [0, 0.1) is 0 Å². The fourth-order valence-corrected chi connectivity index (χ4v) is 1.52. The van der Waals surface area contributed by atoms with Crippen LogP contribution in [0.3, 0.4) is 0 Å². The van der Waals surface area contributed by atoms with Gasteiger partial charge in [0.2, 0.25) is 5.69 Å². The Morgan fingerprint density at radius 3 is 2.82 bits per heavy atom. The minimum Gasteiger partial charge on any atom is -0.490 e. The van der Waals surface area contributed by atoms with Crippen molar-refractivity contribution in [1.29, 1.82) is 0 Å². The number of carboxylic acid groups (broad SMARTS) is 1. The van der Waals surface area contributed by atoms with Crippen molar-refractivity contribution in [3.8, 4) is 5.75 Å². The summed E-state index contributed by atoms with van der Waals surface area (Å²) in [5.74, 6) is -0.834. The van der Waals surface area contributed by atoms with E-state index >= 15 is 0 Å². The molecule has 5 heteroatoms. The predicted molar refractivity (Wildman–Crippen MR) is 62.3 cm³/mol. The summed E-state index contributed by atoms with van der Waals surface area (Å²) in [6, 6.07) is 7.18. The average Bonchev–Trinajstić information content (AvgIpc) is 2.35. The number of carbonyl (C=O) groups is 1. The molecule has 0 aliphatic heterocycles. The van der Waals surface area contributed by atoms with Gasteiger partial charge in [0.1, 0.15) is 0 Å². The number of nitrogens with zero attached hydrogens (tertiary/aromatic N) is 2. The third-order valence-electron chi connectivity index (χ3n) is 2.27. The van der Waals surface area contributed by atoms with E-state index < -0.39 is 5.97 Å². The fourth-order valence-electron chi connectivity index (χ4n) is 1.52. The van der Waals surface area contributed by atoms with Gasteiger partial charge in [-0.25, -0.2) is 4.79 Å². The minimum atomic E-state index is -1.13. The number of fused-ring (bicyclic) bond motifs is 1. The molecule has 0 aliphatic carbocycles. The maximum Gasteiger partial charge on any atom is 0.360 e. The Balaban J connectivity index is 2.61. The Hall–Kier alpha value is -2.17. The van der Waals surface area contributed by atoms with Crippen LogP contribution in [-0.2, 0) is 0 Å². The molecule has 1 N–H and O–H groups in total. The second-order valence-corrected chi connectivity index (χ2v) is 3.55. The SMILES string of the molecule is CCCOc1c(C(=O)O)nnc2ccccc12. The van der Waals surface area contributed by atoms with Crippen LogP contribution < -0.4 is 4.74 Å². The van der Waals surface area contributed by atoms with Crippen LogP contribution in [0.2, 0.25) is 0 Å². The lowest BCUT2D eigenvalue weighted by Gasteiger charge is -2.09. The van der Waals surface area contributed by atoms with Gasteiger partial charge in [0.05, 0.1) is 12.1 Å². The van der Waals surface area contributed by atoms with E-state index in [9.17, 15) is 4.79 Å². The Morgan fingerprint density at radius 1 is 1.35 bits per heavy atom. The van der Waals surface area contributed by atoms with Gasteiger partial charge >= 0.3 is 5.97 Å². The van der Waals surface area contributed by atoms with Crippen molar-refractivity contribution in [2.75, 3.05) is 6.61 Å². The first-order valence-corrected chi connectivity index (χ1v) is 5.35. The summed E-state index contributed by atoms with van der Waals surface area (Å²) in [5, 5.41) is 17.3. The van der Waals surface area contributed by atoms with E-state index in [0.29, 0.717) is 23.3 Å². The van der Waals surface area contributed by atoms with Gasteiger partial charge in [0.25, 0.3) is 0 Å². The Kier molecular flexibility index (Phi) is 3.18. The molecular weight excluding hydrogens is 220 g/mol. The highest BCUT2D eigenvalue weighted by atomic mass is 16.5. The highest BCUT2D eigenvalue weighted by Crippen LogP contribution is 2.26. The number of hydrogen-bond donors (Lipinski definition) is 1.